The first-order chi connectivity index (χ1) is 12.9. The summed E-state index contributed by atoms with van der Waals surface area (Å²) in [5.41, 5.74) is 4.03. The Morgan fingerprint density at radius 3 is 2.81 bits per heavy atom. The Morgan fingerprint density at radius 2 is 2.04 bits per heavy atom. The van der Waals surface area contributed by atoms with E-state index in [0.717, 1.165) is 38.4 Å². The van der Waals surface area contributed by atoms with Crippen LogP contribution in [0.4, 0.5) is 10.8 Å². The van der Waals surface area contributed by atoms with Crippen LogP contribution in [-0.2, 0) is 11.3 Å². The third kappa shape index (κ3) is 3.99. The lowest BCUT2D eigenvalue weighted by Crippen LogP contribution is -2.30. The highest BCUT2D eigenvalue weighted by Crippen LogP contribution is 2.41. The van der Waals surface area contributed by atoms with Gasteiger partial charge >= 0.3 is 0 Å². The van der Waals surface area contributed by atoms with E-state index in [2.05, 4.69) is 45.0 Å². The number of hydrogen-bond donors (Lipinski definition) is 1. The maximum Gasteiger partial charge on any atom is 0.223 e. The van der Waals surface area contributed by atoms with Crippen LogP contribution >= 0.6 is 11.3 Å². The number of nitrogens with zero attached hydrogens (tertiary/aromatic N) is 4. The summed E-state index contributed by atoms with van der Waals surface area (Å²) in [6.45, 7) is 11.1. The van der Waals surface area contributed by atoms with Gasteiger partial charge in [0.15, 0.2) is 5.13 Å². The van der Waals surface area contributed by atoms with Crippen molar-refractivity contribution in [2.24, 2.45) is 5.41 Å². The van der Waals surface area contributed by atoms with Crippen LogP contribution in [0.5, 0.6) is 0 Å². The Hall–Kier alpha value is -1.99. The smallest absolute Gasteiger partial charge is 0.223 e. The molecule has 2 aliphatic rings. The lowest BCUT2D eigenvalue weighted by atomic mass is 9.86. The normalized spacial score (nSPS) is 22.7. The minimum Gasteiger partial charge on any atom is -0.370 e. The van der Waals surface area contributed by atoms with Crippen molar-refractivity contribution in [3.8, 4) is 0 Å². The van der Waals surface area contributed by atoms with Crippen LogP contribution in [0.3, 0.4) is 0 Å². The number of aryl methyl sites for hydroxylation is 2. The predicted octanol–water partition coefficient (Wildman–Crippen LogP) is 3.22. The molecule has 2 aromatic heterocycles. The van der Waals surface area contributed by atoms with E-state index in [1.165, 1.54) is 35.9 Å². The monoisotopic (exact) mass is 385 g/mol. The second kappa shape index (κ2) is 7.20. The molecule has 2 aliphatic heterocycles. The van der Waals surface area contributed by atoms with E-state index < -0.39 is 0 Å². The number of thiazole rings is 1. The molecule has 1 amide bonds. The van der Waals surface area contributed by atoms with E-state index in [1.54, 1.807) is 11.3 Å². The zero-order valence-corrected chi connectivity index (χ0v) is 17.1. The van der Waals surface area contributed by atoms with E-state index in [0.29, 0.717) is 10.5 Å². The van der Waals surface area contributed by atoms with Crippen LogP contribution in [0, 0.1) is 19.3 Å². The molecule has 2 fully saturated rings. The van der Waals surface area contributed by atoms with Gasteiger partial charge in [-0.2, -0.15) is 0 Å². The molecular formula is C20H27N5OS. The number of aromatic nitrogens is 2. The minimum absolute atomic E-state index is 0.0668. The van der Waals surface area contributed by atoms with Crippen molar-refractivity contribution in [3.63, 3.8) is 0 Å². The van der Waals surface area contributed by atoms with Gasteiger partial charge in [0.1, 0.15) is 0 Å². The zero-order valence-electron chi connectivity index (χ0n) is 16.3. The Labute approximate surface area is 164 Å². The summed E-state index contributed by atoms with van der Waals surface area (Å²) in [6, 6.07) is 2.27. The van der Waals surface area contributed by atoms with Gasteiger partial charge in [0.2, 0.25) is 5.91 Å². The number of amides is 1. The molecule has 2 saturated heterocycles. The van der Waals surface area contributed by atoms with E-state index in [1.807, 2.05) is 12.4 Å². The highest BCUT2D eigenvalue weighted by Gasteiger charge is 2.43. The lowest BCUT2D eigenvalue weighted by Gasteiger charge is -2.25. The quantitative estimate of drug-likeness (QED) is 0.876. The Balaban J connectivity index is 1.37. The summed E-state index contributed by atoms with van der Waals surface area (Å²) < 4.78 is 0. The third-order valence-electron chi connectivity index (χ3n) is 5.86. The van der Waals surface area contributed by atoms with Crippen LogP contribution in [-0.4, -0.2) is 47.0 Å². The van der Waals surface area contributed by atoms with Gasteiger partial charge in [0.25, 0.3) is 0 Å². The number of rotatable bonds is 4. The third-order valence-corrected chi connectivity index (χ3v) is 6.76. The molecule has 27 heavy (non-hydrogen) atoms. The average Bonchev–Trinajstić information content (AvgIpc) is 3.32. The molecule has 0 radical (unpaired) electrons. The molecule has 0 saturated carbocycles. The molecule has 1 atom stereocenters. The number of hydrogen-bond acceptors (Lipinski definition) is 6. The van der Waals surface area contributed by atoms with Gasteiger partial charge in [-0.3, -0.25) is 14.7 Å². The molecule has 2 aromatic rings. The molecule has 0 aromatic carbocycles. The van der Waals surface area contributed by atoms with Crippen LogP contribution < -0.4 is 10.2 Å². The highest BCUT2D eigenvalue weighted by molar-refractivity contribution is 7.15. The van der Waals surface area contributed by atoms with Crippen molar-refractivity contribution in [2.45, 2.75) is 40.2 Å². The van der Waals surface area contributed by atoms with E-state index in [-0.39, 0.29) is 5.91 Å². The fourth-order valence-electron chi connectivity index (χ4n) is 4.26. The number of carbonyl (C=O) groups is 1. The average molecular weight is 386 g/mol. The predicted molar refractivity (Wildman–Crippen MR) is 109 cm³/mol. The maximum absolute atomic E-state index is 11.2. The van der Waals surface area contributed by atoms with Gasteiger partial charge in [-0.1, -0.05) is 0 Å². The van der Waals surface area contributed by atoms with Gasteiger partial charge in [-0.05, 0) is 44.9 Å². The molecular weight excluding hydrogens is 358 g/mol. The van der Waals surface area contributed by atoms with Crippen molar-refractivity contribution in [3.05, 3.63) is 34.6 Å². The highest BCUT2D eigenvalue weighted by atomic mass is 32.1. The number of nitrogens with one attached hydrogen (secondary N) is 1. The fraction of sp³-hybridized carbons (Fsp3) is 0.550. The lowest BCUT2D eigenvalue weighted by molar-refractivity contribution is -0.114. The van der Waals surface area contributed by atoms with Crippen molar-refractivity contribution in [1.82, 2.24) is 14.9 Å². The van der Waals surface area contributed by atoms with Gasteiger partial charge in [0, 0.05) is 55.3 Å². The fourth-order valence-corrected chi connectivity index (χ4v) is 5.16. The Bertz CT molecular complexity index is 851. The van der Waals surface area contributed by atoms with Gasteiger partial charge in [0.05, 0.1) is 11.9 Å². The summed E-state index contributed by atoms with van der Waals surface area (Å²) in [6.07, 6.45) is 6.41. The van der Waals surface area contributed by atoms with Crippen molar-refractivity contribution in [1.29, 1.82) is 0 Å². The molecule has 0 bridgehead atoms. The molecule has 4 rings (SSSR count). The molecule has 1 spiro atoms. The molecule has 1 unspecified atom stereocenters. The minimum atomic E-state index is -0.0668. The van der Waals surface area contributed by atoms with Crippen LogP contribution in [0.1, 0.15) is 35.9 Å². The summed E-state index contributed by atoms with van der Waals surface area (Å²) >= 11 is 1.58. The summed E-state index contributed by atoms with van der Waals surface area (Å²) in [5, 5.41) is 3.46. The summed E-state index contributed by atoms with van der Waals surface area (Å²) in [7, 11) is 0. The van der Waals surface area contributed by atoms with Gasteiger partial charge in [-0.15, -0.1) is 11.3 Å². The summed E-state index contributed by atoms with van der Waals surface area (Å²) in [5.74, 6) is -0.0668. The van der Waals surface area contributed by atoms with Crippen molar-refractivity contribution >= 4 is 28.1 Å². The number of anilines is 2. The zero-order chi connectivity index (χ0) is 19.0. The standard InChI is InChI=1S/C20H27N5OS/c1-14-8-17(9-21-15(14)2)25-7-5-20(13-25)4-6-24(12-20)11-18-10-22-19(27-18)23-16(3)26/h8-10H,4-7,11-13H2,1-3H3,(H,22,23,26). The number of likely N-dealkylation sites (tertiary alicyclic amines) is 1. The first kappa shape index (κ1) is 18.4. The van der Waals surface area contributed by atoms with Crippen molar-refractivity contribution < 1.29 is 4.79 Å². The molecule has 6 nitrogen and oxygen atoms in total. The topological polar surface area (TPSA) is 61.4 Å². The van der Waals surface area contributed by atoms with E-state index in [9.17, 15) is 4.79 Å². The Kier molecular flexibility index (Phi) is 4.90. The maximum atomic E-state index is 11.2. The van der Waals surface area contributed by atoms with E-state index in [4.69, 9.17) is 0 Å². The van der Waals surface area contributed by atoms with Crippen LogP contribution in [0.2, 0.25) is 0 Å². The molecule has 0 aliphatic carbocycles. The number of carbonyl (C=O) groups excluding carboxylic acids is 1. The largest absolute Gasteiger partial charge is 0.370 e. The molecule has 1 N–H and O–H groups in total. The van der Waals surface area contributed by atoms with Crippen LogP contribution in [0.25, 0.3) is 0 Å². The van der Waals surface area contributed by atoms with Crippen molar-refractivity contribution in [2.75, 3.05) is 36.4 Å². The SMILES string of the molecule is CC(=O)Nc1ncc(CN2CCC3(CCN(c4cnc(C)c(C)c4)C3)C2)s1. The molecule has 144 valence electrons. The first-order valence-corrected chi connectivity index (χ1v) is 10.4. The Morgan fingerprint density at radius 1 is 1.22 bits per heavy atom. The summed E-state index contributed by atoms with van der Waals surface area (Å²) in [4.78, 5) is 26.3. The molecule has 4 heterocycles. The second-order valence-electron chi connectivity index (χ2n) is 8.04. The van der Waals surface area contributed by atoms with Crippen LogP contribution in [0.15, 0.2) is 18.5 Å². The first-order valence-electron chi connectivity index (χ1n) is 9.55. The molecule has 7 heteroatoms. The van der Waals surface area contributed by atoms with E-state index >= 15 is 0 Å². The van der Waals surface area contributed by atoms with Gasteiger partial charge < -0.3 is 10.2 Å². The number of pyridine rings is 1. The van der Waals surface area contributed by atoms with Gasteiger partial charge in [-0.25, -0.2) is 4.98 Å². The second-order valence-corrected chi connectivity index (χ2v) is 9.16.